The average Bonchev–Trinajstić information content (AvgIpc) is 2.84. The Labute approximate surface area is 213 Å². The first-order chi connectivity index (χ1) is 17.2. The quantitative estimate of drug-likeness (QED) is 0.429. The summed E-state index contributed by atoms with van der Waals surface area (Å²) in [5.74, 6) is -0.594. The lowest BCUT2D eigenvalue weighted by Crippen LogP contribution is -2.50. The van der Waals surface area contributed by atoms with Crippen molar-refractivity contribution in [3.05, 3.63) is 80.9 Å². The zero-order valence-electron chi connectivity index (χ0n) is 21.4. The normalized spacial score (nSPS) is 26.0. The number of carbonyl (C=O) groups excluding carboxylic acids is 2. The van der Waals surface area contributed by atoms with Gasteiger partial charge in [-0.2, -0.15) is 0 Å². The van der Waals surface area contributed by atoms with Crippen LogP contribution in [0.3, 0.4) is 0 Å². The van der Waals surface area contributed by atoms with E-state index in [-0.39, 0.29) is 29.5 Å². The van der Waals surface area contributed by atoms with Gasteiger partial charge in [-0.25, -0.2) is 0 Å². The second-order valence-electron chi connectivity index (χ2n) is 10.8. The van der Waals surface area contributed by atoms with E-state index in [0.29, 0.717) is 36.0 Å². The molecule has 186 valence electrons. The Morgan fingerprint density at radius 3 is 2.36 bits per heavy atom. The number of rotatable bonds is 4. The van der Waals surface area contributed by atoms with E-state index in [2.05, 4.69) is 19.9 Å². The number of ketones is 2. The third-order valence-corrected chi connectivity index (χ3v) is 8.23. The second kappa shape index (κ2) is 9.49. The van der Waals surface area contributed by atoms with Crippen LogP contribution < -0.4 is 0 Å². The van der Waals surface area contributed by atoms with Crippen molar-refractivity contribution in [3.8, 4) is 5.75 Å². The van der Waals surface area contributed by atoms with Gasteiger partial charge < -0.3 is 14.8 Å². The highest BCUT2D eigenvalue weighted by atomic mass is 16.5. The summed E-state index contributed by atoms with van der Waals surface area (Å²) in [5, 5.41) is 20.7. The summed E-state index contributed by atoms with van der Waals surface area (Å²) in [5.41, 5.74) is 7.18. The van der Waals surface area contributed by atoms with E-state index in [9.17, 15) is 19.7 Å². The molecule has 0 aromatic heterocycles. The van der Waals surface area contributed by atoms with E-state index in [4.69, 9.17) is 4.65 Å². The predicted octanol–water partition coefficient (Wildman–Crippen LogP) is 5.72. The number of Topliss-reactive ketones (excluding diaryl/α,β-unsaturated/α-hetero) is 2. The minimum Gasteiger partial charge on any atom is -0.507 e. The van der Waals surface area contributed by atoms with Gasteiger partial charge in [0.15, 0.2) is 11.6 Å². The van der Waals surface area contributed by atoms with Crippen molar-refractivity contribution < 1.29 is 24.4 Å². The summed E-state index contributed by atoms with van der Waals surface area (Å²) >= 11 is 0. The molecule has 1 aliphatic heterocycles. The molecular formula is C30H33BO5. The molecule has 1 heterocycles. The van der Waals surface area contributed by atoms with Gasteiger partial charge in [-0.05, 0) is 93.6 Å². The second-order valence-corrected chi connectivity index (χ2v) is 10.8. The molecule has 0 saturated carbocycles. The van der Waals surface area contributed by atoms with Gasteiger partial charge in [0.05, 0.1) is 6.10 Å². The first-order valence-corrected chi connectivity index (χ1v) is 12.8. The Morgan fingerprint density at radius 2 is 1.69 bits per heavy atom. The Bertz CT molecular complexity index is 1280. The summed E-state index contributed by atoms with van der Waals surface area (Å²) in [6, 6.07) is 11.1. The van der Waals surface area contributed by atoms with Crippen LogP contribution in [0.4, 0.5) is 0 Å². The number of allylic oxidation sites excluding steroid dienone is 2. The number of aryl methyl sites for hydroxylation is 2. The van der Waals surface area contributed by atoms with Gasteiger partial charge >= 0.3 is 7.12 Å². The van der Waals surface area contributed by atoms with Crippen LogP contribution >= 0.6 is 0 Å². The van der Waals surface area contributed by atoms with Crippen LogP contribution in [0, 0.1) is 31.6 Å². The number of phenolic OH excluding ortho intramolecular Hbond substituents is 1. The number of fused-ring (bicyclic) bond motifs is 4. The number of carbonyl (C=O) groups is 2. The fraction of sp³-hybridized carbons (Fsp3) is 0.400. The first kappa shape index (κ1) is 24.7. The van der Waals surface area contributed by atoms with E-state index in [1.54, 1.807) is 12.1 Å². The van der Waals surface area contributed by atoms with Crippen molar-refractivity contribution >= 4 is 24.8 Å². The molecule has 0 spiro atoms. The molecule has 2 aromatic carbocycles. The minimum atomic E-state index is -0.956. The molecule has 0 bridgehead atoms. The number of phenols is 1. The molecule has 0 amide bonds. The predicted molar refractivity (Wildman–Crippen MR) is 141 cm³/mol. The maximum Gasteiger partial charge on any atom is 0.455 e. The lowest BCUT2D eigenvalue weighted by Gasteiger charge is -2.46. The highest BCUT2D eigenvalue weighted by Crippen LogP contribution is 2.50. The molecule has 3 aliphatic rings. The summed E-state index contributed by atoms with van der Waals surface area (Å²) < 4.78 is 6.03. The van der Waals surface area contributed by atoms with E-state index in [1.807, 2.05) is 38.1 Å². The molecule has 6 heteroatoms. The topological polar surface area (TPSA) is 83.8 Å². The van der Waals surface area contributed by atoms with Gasteiger partial charge in [-0.1, -0.05) is 41.5 Å². The van der Waals surface area contributed by atoms with E-state index >= 15 is 0 Å². The highest BCUT2D eigenvalue weighted by Gasteiger charge is 2.52. The zero-order valence-corrected chi connectivity index (χ0v) is 21.4. The van der Waals surface area contributed by atoms with E-state index in [0.717, 1.165) is 34.3 Å². The molecule has 0 unspecified atom stereocenters. The Morgan fingerprint density at radius 1 is 1.06 bits per heavy atom. The number of aromatic hydroxyl groups is 1. The Balaban J connectivity index is 1.40. The molecule has 4 atom stereocenters. The maximum absolute atomic E-state index is 13.6. The summed E-state index contributed by atoms with van der Waals surface area (Å²) in [6.07, 6.45) is 4.19. The van der Waals surface area contributed by atoms with Crippen LogP contribution in [-0.4, -0.2) is 34.9 Å². The smallest absolute Gasteiger partial charge is 0.455 e. The molecule has 5 rings (SSSR count). The first-order valence-electron chi connectivity index (χ1n) is 12.8. The van der Waals surface area contributed by atoms with E-state index < -0.39 is 13.0 Å². The van der Waals surface area contributed by atoms with Crippen LogP contribution in [0.15, 0.2) is 53.1 Å². The van der Waals surface area contributed by atoms with E-state index in [1.165, 1.54) is 5.57 Å². The summed E-state index contributed by atoms with van der Waals surface area (Å²) in [4.78, 5) is 26.9. The zero-order chi connectivity index (χ0) is 25.7. The van der Waals surface area contributed by atoms with Gasteiger partial charge in [0.25, 0.3) is 0 Å². The van der Waals surface area contributed by atoms with Gasteiger partial charge in [0, 0.05) is 23.0 Å². The Kier molecular flexibility index (Phi) is 6.52. The van der Waals surface area contributed by atoms with Crippen molar-refractivity contribution in [1.82, 2.24) is 0 Å². The van der Waals surface area contributed by atoms with Crippen molar-refractivity contribution in [2.75, 3.05) is 0 Å². The van der Waals surface area contributed by atoms with Crippen LogP contribution in [0.2, 0.25) is 6.32 Å². The standard InChI is InChI=1S/C30H33BO5/c1-16(11-20-12-18(3)28(32)19(4)13-20)9-10-25-26-17(2)14-23-27(24(26)15-31(35)36-25)30(34)22-8-6-5-7-21(22)29(23)33/h5-8,11-13,23-25,27,32,35H,9-10,14-15H2,1-4H3/b16-11+/t23-,24+,25-,27-/m1/s1. The minimum absolute atomic E-state index is 0.0206. The Hall–Kier alpha value is -2.96. The van der Waals surface area contributed by atoms with Crippen LogP contribution in [0.1, 0.15) is 70.5 Å². The number of hydrogen-bond acceptors (Lipinski definition) is 5. The summed E-state index contributed by atoms with van der Waals surface area (Å²) in [6.45, 7) is 7.92. The molecule has 1 fully saturated rings. The van der Waals surface area contributed by atoms with Crippen LogP contribution in [0.25, 0.3) is 6.08 Å². The highest BCUT2D eigenvalue weighted by molar-refractivity contribution is 6.43. The fourth-order valence-corrected chi connectivity index (χ4v) is 6.61. The molecular weight excluding hydrogens is 451 g/mol. The fourth-order valence-electron chi connectivity index (χ4n) is 6.61. The number of benzene rings is 2. The lowest BCUT2D eigenvalue weighted by atomic mass is 9.54. The van der Waals surface area contributed by atoms with Gasteiger partial charge in [0.2, 0.25) is 0 Å². The van der Waals surface area contributed by atoms with Crippen molar-refractivity contribution in [2.45, 2.75) is 59.4 Å². The van der Waals surface area contributed by atoms with Crippen LogP contribution in [0.5, 0.6) is 5.75 Å². The molecule has 2 aliphatic carbocycles. The molecule has 0 radical (unpaired) electrons. The largest absolute Gasteiger partial charge is 0.507 e. The lowest BCUT2D eigenvalue weighted by molar-refractivity contribution is 0.0601. The summed E-state index contributed by atoms with van der Waals surface area (Å²) in [7, 11) is -0.956. The third kappa shape index (κ3) is 4.27. The SMILES string of the molecule is CC1=C2[C@@H](CC/C(C)=C/c3cc(C)c(O)c(C)c3)OB(O)C[C@@H]2[C@@H]2C(=O)c3ccccc3C(=O)[C@@H]2C1. The molecule has 1 saturated heterocycles. The average molecular weight is 484 g/mol. The van der Waals surface area contributed by atoms with Crippen molar-refractivity contribution in [2.24, 2.45) is 17.8 Å². The van der Waals surface area contributed by atoms with Gasteiger partial charge in [0.1, 0.15) is 5.75 Å². The molecule has 2 N–H and O–H groups in total. The van der Waals surface area contributed by atoms with Crippen LogP contribution in [-0.2, 0) is 4.65 Å². The number of hydrogen-bond donors (Lipinski definition) is 2. The molecule has 5 nitrogen and oxygen atoms in total. The van der Waals surface area contributed by atoms with Gasteiger partial charge in [-0.15, -0.1) is 0 Å². The maximum atomic E-state index is 13.6. The molecule has 2 aromatic rings. The molecule has 36 heavy (non-hydrogen) atoms. The third-order valence-electron chi connectivity index (χ3n) is 8.23. The van der Waals surface area contributed by atoms with Crippen molar-refractivity contribution in [3.63, 3.8) is 0 Å². The van der Waals surface area contributed by atoms with Gasteiger partial charge in [-0.3, -0.25) is 9.59 Å². The monoisotopic (exact) mass is 484 g/mol. The van der Waals surface area contributed by atoms with Crippen molar-refractivity contribution in [1.29, 1.82) is 0 Å².